The van der Waals surface area contributed by atoms with E-state index in [1.165, 1.54) is 6.07 Å². The second-order valence-corrected chi connectivity index (χ2v) is 10.9. The van der Waals surface area contributed by atoms with Crippen LogP contribution in [0.3, 0.4) is 0 Å². The summed E-state index contributed by atoms with van der Waals surface area (Å²) in [6.45, 7) is 9.88. The normalized spacial score (nSPS) is 19.8. The predicted molar refractivity (Wildman–Crippen MR) is 125 cm³/mol. The molecule has 1 aliphatic rings. The van der Waals surface area contributed by atoms with Gasteiger partial charge in [0.15, 0.2) is 5.13 Å². The number of halogens is 3. The molecule has 1 saturated heterocycles. The van der Waals surface area contributed by atoms with Gasteiger partial charge < -0.3 is 5.32 Å². The number of nitrogens with zero attached hydrogens (tertiary/aromatic N) is 2. The molecule has 1 fully saturated rings. The number of hydrogen-bond acceptors (Lipinski definition) is 4. The van der Waals surface area contributed by atoms with Crippen LogP contribution in [-0.2, 0) is 12.0 Å². The Hall–Kier alpha value is -2.13. The molecule has 2 N–H and O–H groups in total. The van der Waals surface area contributed by atoms with Crippen LogP contribution in [-0.4, -0.2) is 41.1 Å². The number of thiophene rings is 1. The van der Waals surface area contributed by atoms with Crippen LogP contribution in [0.2, 0.25) is 0 Å². The average molecular weight is 483 g/mol. The fourth-order valence-electron chi connectivity index (χ4n) is 4.40. The molecule has 5 nitrogen and oxygen atoms in total. The smallest absolute Gasteiger partial charge is 0.333 e. The third-order valence-electron chi connectivity index (χ3n) is 6.60. The lowest BCUT2D eigenvalue weighted by atomic mass is 9.79. The molecule has 1 atom stereocenters. The summed E-state index contributed by atoms with van der Waals surface area (Å²) in [7, 11) is 0. The highest BCUT2D eigenvalue weighted by atomic mass is 32.1. The Labute approximate surface area is 197 Å². The van der Waals surface area contributed by atoms with E-state index in [1.54, 1.807) is 26.1 Å². The Morgan fingerprint density at radius 2 is 2.00 bits per heavy atom. The Kier molecular flexibility index (Phi) is 7.43. The zero-order chi connectivity index (χ0) is 24.4. The van der Waals surface area contributed by atoms with Crippen molar-refractivity contribution in [2.45, 2.75) is 71.5 Å². The summed E-state index contributed by atoms with van der Waals surface area (Å²) in [5.41, 5.74) is -0.177. The van der Waals surface area contributed by atoms with E-state index < -0.39 is 23.0 Å². The molecular weight excluding hydrogens is 449 g/mol. The molecule has 0 aromatic carbocycles. The maximum atomic E-state index is 15.7. The lowest BCUT2D eigenvalue weighted by molar-refractivity contribution is -0.139. The molecule has 3 heterocycles. The summed E-state index contributed by atoms with van der Waals surface area (Å²) in [5, 5.41) is 4.10. The molecule has 1 unspecified atom stereocenters. The molecular formula is C24H33F3N4OS. The summed E-state index contributed by atoms with van der Waals surface area (Å²) in [6, 6.07) is 2.28. The van der Waals surface area contributed by atoms with Crippen molar-refractivity contribution in [3.8, 4) is 0 Å². The van der Waals surface area contributed by atoms with Gasteiger partial charge in [0.1, 0.15) is 0 Å². The number of alkyl halides is 2. The molecule has 182 valence electrons. The number of aryl methyl sites for hydroxylation is 2. The number of carbonyl (C=O) groups is 1. The predicted octanol–water partition coefficient (Wildman–Crippen LogP) is 5.45. The molecule has 0 spiro atoms. The van der Waals surface area contributed by atoms with Crippen LogP contribution in [0, 0.1) is 17.5 Å². The van der Waals surface area contributed by atoms with Crippen molar-refractivity contribution in [3.05, 3.63) is 51.7 Å². The van der Waals surface area contributed by atoms with Crippen molar-refractivity contribution in [1.82, 2.24) is 20.5 Å². The molecule has 0 radical (unpaired) electrons. The van der Waals surface area contributed by atoms with Gasteiger partial charge in [-0.25, -0.2) is 4.79 Å². The van der Waals surface area contributed by atoms with Crippen LogP contribution < -0.4 is 10.6 Å². The highest BCUT2D eigenvalue weighted by Gasteiger charge is 2.59. The van der Waals surface area contributed by atoms with Crippen molar-refractivity contribution in [2.24, 2.45) is 5.41 Å². The SMILES string of the molecule is Cc1ccc(C(C)(C)N2CCC(CCc3ccc(F)s3)(C(F)(F)NC(=O)NC(C)C)C2)cn1. The van der Waals surface area contributed by atoms with Crippen LogP contribution in [0.25, 0.3) is 0 Å². The Morgan fingerprint density at radius 1 is 1.27 bits per heavy atom. The monoisotopic (exact) mass is 482 g/mol. The van der Waals surface area contributed by atoms with Crippen molar-refractivity contribution in [1.29, 1.82) is 0 Å². The molecule has 2 aromatic heterocycles. The van der Waals surface area contributed by atoms with Crippen molar-refractivity contribution in [2.75, 3.05) is 13.1 Å². The number of carbonyl (C=O) groups excluding carboxylic acids is 1. The molecule has 2 aromatic rings. The summed E-state index contributed by atoms with van der Waals surface area (Å²) in [6.07, 6.45) is 2.44. The van der Waals surface area contributed by atoms with Crippen molar-refractivity contribution >= 4 is 17.4 Å². The van der Waals surface area contributed by atoms with Crippen LogP contribution in [0.1, 0.15) is 56.7 Å². The van der Waals surface area contributed by atoms with E-state index in [0.717, 1.165) is 27.5 Å². The van der Waals surface area contributed by atoms with Gasteiger partial charge in [-0.05, 0) is 84.2 Å². The minimum Gasteiger partial charge on any atom is -0.336 e. The molecule has 9 heteroatoms. The first-order valence-corrected chi connectivity index (χ1v) is 12.1. The first-order chi connectivity index (χ1) is 15.3. The van der Waals surface area contributed by atoms with Crippen molar-refractivity contribution < 1.29 is 18.0 Å². The summed E-state index contributed by atoms with van der Waals surface area (Å²) >= 11 is 0.974. The first kappa shape index (κ1) is 25.5. The van der Waals surface area contributed by atoms with Gasteiger partial charge in [0.25, 0.3) is 0 Å². The Bertz CT molecular complexity index is 961. The van der Waals surface area contributed by atoms with Crippen LogP contribution >= 0.6 is 11.3 Å². The second-order valence-electron chi connectivity index (χ2n) is 9.73. The van der Waals surface area contributed by atoms with Gasteiger partial charge in [0.2, 0.25) is 0 Å². The van der Waals surface area contributed by atoms with E-state index >= 15 is 8.78 Å². The van der Waals surface area contributed by atoms with E-state index in [1.807, 2.05) is 43.1 Å². The van der Waals surface area contributed by atoms with Gasteiger partial charge in [-0.3, -0.25) is 15.2 Å². The van der Waals surface area contributed by atoms with Gasteiger partial charge >= 0.3 is 12.1 Å². The fraction of sp³-hybridized carbons (Fsp3) is 0.583. The van der Waals surface area contributed by atoms with E-state index in [2.05, 4.69) is 10.3 Å². The number of pyridine rings is 1. The van der Waals surface area contributed by atoms with E-state index in [4.69, 9.17) is 0 Å². The molecule has 3 rings (SSSR count). The van der Waals surface area contributed by atoms with Crippen molar-refractivity contribution in [3.63, 3.8) is 0 Å². The minimum absolute atomic E-state index is 0.0939. The number of hydrogen-bond donors (Lipinski definition) is 2. The maximum absolute atomic E-state index is 15.7. The number of aromatic nitrogens is 1. The molecule has 0 aliphatic carbocycles. The minimum atomic E-state index is -3.45. The largest absolute Gasteiger partial charge is 0.336 e. The standard InChI is InChI=1S/C24H33F3N4OS/c1-16(2)29-21(32)30-24(26,27)23(11-10-19-8-9-20(25)33-19)12-13-31(15-23)22(4,5)18-7-6-17(3)28-14-18/h6-9,14,16H,10-13,15H2,1-5H3,(H2,29,30,32). The zero-order valence-corrected chi connectivity index (χ0v) is 20.7. The van der Waals surface area contributed by atoms with Gasteiger partial charge in [-0.15, -0.1) is 11.3 Å². The van der Waals surface area contributed by atoms with E-state index in [-0.39, 0.29) is 30.6 Å². The third kappa shape index (κ3) is 5.69. The maximum Gasteiger partial charge on any atom is 0.333 e. The summed E-state index contributed by atoms with van der Waals surface area (Å²) in [4.78, 5) is 19.3. The van der Waals surface area contributed by atoms with Gasteiger partial charge in [0.05, 0.1) is 5.41 Å². The molecule has 33 heavy (non-hydrogen) atoms. The van der Waals surface area contributed by atoms with Crippen LogP contribution in [0.15, 0.2) is 30.5 Å². The third-order valence-corrected chi connectivity index (χ3v) is 7.53. The lowest BCUT2D eigenvalue weighted by Crippen LogP contribution is -2.58. The molecule has 1 aliphatic heterocycles. The number of nitrogens with one attached hydrogen (secondary N) is 2. The zero-order valence-electron chi connectivity index (χ0n) is 19.8. The topological polar surface area (TPSA) is 57.3 Å². The fourth-order valence-corrected chi connectivity index (χ4v) is 5.13. The molecule has 0 bridgehead atoms. The number of amides is 2. The van der Waals surface area contributed by atoms with Crippen LogP contribution in [0.4, 0.5) is 18.0 Å². The van der Waals surface area contributed by atoms with Gasteiger partial charge in [0, 0.05) is 34.9 Å². The van der Waals surface area contributed by atoms with E-state index in [9.17, 15) is 9.18 Å². The van der Waals surface area contributed by atoms with Gasteiger partial charge in [-0.1, -0.05) is 6.07 Å². The summed E-state index contributed by atoms with van der Waals surface area (Å²) < 4.78 is 44.9. The highest BCUT2D eigenvalue weighted by molar-refractivity contribution is 7.10. The van der Waals surface area contributed by atoms with E-state index in [0.29, 0.717) is 13.0 Å². The Morgan fingerprint density at radius 3 is 2.58 bits per heavy atom. The number of rotatable bonds is 8. The highest BCUT2D eigenvalue weighted by Crippen LogP contribution is 2.49. The second kappa shape index (κ2) is 9.62. The first-order valence-electron chi connectivity index (χ1n) is 11.2. The average Bonchev–Trinajstić information content (AvgIpc) is 3.33. The van der Waals surface area contributed by atoms with Gasteiger partial charge in [-0.2, -0.15) is 13.2 Å². The Balaban J connectivity index is 1.87. The summed E-state index contributed by atoms with van der Waals surface area (Å²) in [5.74, 6) is 0. The van der Waals surface area contributed by atoms with Crippen LogP contribution in [0.5, 0.6) is 0 Å². The molecule has 0 saturated carbocycles. The quantitative estimate of drug-likeness (QED) is 0.492. The molecule has 2 amide bonds. The number of urea groups is 1. The lowest BCUT2D eigenvalue weighted by Gasteiger charge is -2.41. The number of likely N-dealkylation sites (tertiary alicyclic amines) is 1.